The quantitative estimate of drug-likeness (QED) is 0.718. The van der Waals surface area contributed by atoms with Gasteiger partial charge in [-0.15, -0.1) is 11.3 Å². The topological polar surface area (TPSA) is 63.1 Å². The fourth-order valence-electron chi connectivity index (χ4n) is 2.41. The molecule has 0 aliphatic rings. The van der Waals surface area contributed by atoms with E-state index in [1.54, 1.807) is 10.9 Å². The summed E-state index contributed by atoms with van der Waals surface area (Å²) in [4.78, 5) is 18.6. The molecular formula is C17H18ClN5OS. The lowest BCUT2D eigenvalue weighted by Gasteiger charge is -2.14. The predicted octanol–water partition coefficient (Wildman–Crippen LogP) is 3.27. The minimum atomic E-state index is -0.0941. The third kappa shape index (κ3) is 4.88. The Bertz CT molecular complexity index is 858. The number of aryl methyl sites for hydroxylation is 1. The molecule has 1 N–H and O–H groups in total. The minimum absolute atomic E-state index is 0.0941. The van der Waals surface area contributed by atoms with E-state index < -0.39 is 0 Å². The number of amides is 1. The molecule has 0 aliphatic carbocycles. The van der Waals surface area contributed by atoms with E-state index in [1.165, 1.54) is 11.3 Å². The van der Waals surface area contributed by atoms with Gasteiger partial charge in [0.25, 0.3) is 0 Å². The zero-order valence-corrected chi connectivity index (χ0v) is 15.5. The lowest BCUT2D eigenvalue weighted by atomic mass is 10.2. The number of aromatic nitrogens is 3. The molecule has 1 aromatic carbocycles. The van der Waals surface area contributed by atoms with Crippen LogP contribution in [0.1, 0.15) is 5.56 Å². The number of hydrogen-bond donors (Lipinski definition) is 1. The number of halogens is 1. The number of nitrogens with zero attached hydrogens (tertiary/aromatic N) is 4. The van der Waals surface area contributed by atoms with E-state index in [9.17, 15) is 4.79 Å². The molecule has 1 amide bonds. The van der Waals surface area contributed by atoms with E-state index >= 15 is 0 Å². The fraction of sp³-hybridized carbons (Fsp3) is 0.235. The molecule has 0 fully saturated rings. The third-order valence-corrected chi connectivity index (χ3v) is 4.52. The summed E-state index contributed by atoms with van der Waals surface area (Å²) < 4.78 is 1.75. The number of benzene rings is 1. The van der Waals surface area contributed by atoms with Crippen molar-refractivity contribution in [3.63, 3.8) is 0 Å². The number of likely N-dealkylation sites (N-methyl/N-ethyl adjacent to an activating group) is 1. The van der Waals surface area contributed by atoms with Crippen LogP contribution in [0.2, 0.25) is 5.02 Å². The first-order valence-electron chi connectivity index (χ1n) is 7.67. The molecular weight excluding hydrogens is 358 g/mol. The molecule has 0 saturated heterocycles. The molecule has 130 valence electrons. The Kier molecular flexibility index (Phi) is 5.47. The van der Waals surface area contributed by atoms with Crippen molar-refractivity contribution in [2.24, 2.45) is 7.05 Å². The lowest BCUT2D eigenvalue weighted by molar-refractivity contribution is -0.117. The summed E-state index contributed by atoms with van der Waals surface area (Å²) in [5.41, 5.74) is 2.85. The number of anilines is 1. The van der Waals surface area contributed by atoms with Gasteiger partial charge in [-0.3, -0.25) is 14.4 Å². The molecule has 0 aliphatic heterocycles. The monoisotopic (exact) mass is 375 g/mol. The van der Waals surface area contributed by atoms with Crippen LogP contribution in [0.3, 0.4) is 0 Å². The van der Waals surface area contributed by atoms with Crippen LogP contribution in [0.15, 0.2) is 42.0 Å². The van der Waals surface area contributed by atoms with Crippen LogP contribution in [0, 0.1) is 0 Å². The molecule has 0 radical (unpaired) electrons. The summed E-state index contributed by atoms with van der Waals surface area (Å²) in [7, 11) is 3.77. The molecule has 8 heteroatoms. The van der Waals surface area contributed by atoms with Gasteiger partial charge in [0.2, 0.25) is 5.91 Å². The number of nitrogens with one attached hydrogen (secondary N) is 1. The van der Waals surface area contributed by atoms with E-state index in [0.717, 1.165) is 16.8 Å². The molecule has 3 aromatic rings. The summed E-state index contributed by atoms with van der Waals surface area (Å²) in [6.07, 6.45) is 3.74. The van der Waals surface area contributed by atoms with Crippen LogP contribution in [0.4, 0.5) is 5.13 Å². The maximum atomic E-state index is 12.2. The van der Waals surface area contributed by atoms with Crippen LogP contribution in [0.5, 0.6) is 0 Å². The molecule has 0 bridgehead atoms. The van der Waals surface area contributed by atoms with Crippen molar-refractivity contribution in [3.05, 3.63) is 52.6 Å². The Labute approximate surface area is 155 Å². The van der Waals surface area contributed by atoms with Crippen LogP contribution < -0.4 is 5.32 Å². The van der Waals surface area contributed by atoms with Crippen molar-refractivity contribution < 1.29 is 4.79 Å². The number of carbonyl (C=O) groups excluding carboxylic acids is 1. The fourth-order valence-corrected chi connectivity index (χ4v) is 3.27. The van der Waals surface area contributed by atoms with Gasteiger partial charge >= 0.3 is 0 Å². The average Bonchev–Trinajstić information content (AvgIpc) is 3.17. The largest absolute Gasteiger partial charge is 0.301 e. The van der Waals surface area contributed by atoms with Crippen molar-refractivity contribution in [1.82, 2.24) is 19.7 Å². The molecule has 6 nitrogen and oxygen atoms in total. The molecule has 2 heterocycles. The second-order valence-electron chi connectivity index (χ2n) is 5.79. The molecule has 3 rings (SSSR count). The molecule has 2 aromatic heterocycles. The predicted molar refractivity (Wildman–Crippen MR) is 101 cm³/mol. The first-order valence-corrected chi connectivity index (χ1v) is 8.93. The van der Waals surface area contributed by atoms with Gasteiger partial charge in [-0.2, -0.15) is 5.10 Å². The van der Waals surface area contributed by atoms with Gasteiger partial charge < -0.3 is 5.32 Å². The second kappa shape index (κ2) is 7.77. The highest BCUT2D eigenvalue weighted by molar-refractivity contribution is 7.14. The summed E-state index contributed by atoms with van der Waals surface area (Å²) in [6.45, 7) is 0.944. The van der Waals surface area contributed by atoms with E-state index in [1.807, 2.05) is 54.8 Å². The van der Waals surface area contributed by atoms with Gasteiger partial charge in [0, 0.05) is 41.3 Å². The molecule has 0 unspecified atom stereocenters. The average molecular weight is 376 g/mol. The third-order valence-electron chi connectivity index (χ3n) is 3.51. The lowest BCUT2D eigenvalue weighted by Crippen LogP contribution is -2.29. The van der Waals surface area contributed by atoms with Crippen molar-refractivity contribution in [3.8, 4) is 11.3 Å². The maximum absolute atomic E-state index is 12.2. The first kappa shape index (κ1) is 17.6. The van der Waals surface area contributed by atoms with Crippen molar-refractivity contribution in [1.29, 1.82) is 0 Å². The first-order chi connectivity index (χ1) is 12.0. The summed E-state index contributed by atoms with van der Waals surface area (Å²) in [5, 5.41) is 10.2. The zero-order chi connectivity index (χ0) is 17.8. The van der Waals surface area contributed by atoms with E-state index in [0.29, 0.717) is 16.7 Å². The Morgan fingerprint density at radius 3 is 2.80 bits per heavy atom. The highest BCUT2D eigenvalue weighted by atomic mass is 35.5. The molecule has 0 atom stereocenters. The smallest absolute Gasteiger partial charge is 0.240 e. The standard InChI is InChI=1S/C17H18ClN5OS/c1-22(8-12-7-19-23(2)9-12)10-16(24)21-17-20-15(11-25-17)13-3-5-14(18)6-4-13/h3-7,9,11H,8,10H2,1-2H3,(H,20,21,24). The van der Waals surface area contributed by atoms with Crippen molar-refractivity contribution in [2.75, 3.05) is 18.9 Å². The van der Waals surface area contributed by atoms with Crippen LogP contribution >= 0.6 is 22.9 Å². The maximum Gasteiger partial charge on any atom is 0.240 e. The van der Waals surface area contributed by atoms with Crippen LogP contribution in [-0.2, 0) is 18.4 Å². The normalized spacial score (nSPS) is 11.0. The van der Waals surface area contributed by atoms with Gasteiger partial charge in [0.15, 0.2) is 5.13 Å². The van der Waals surface area contributed by atoms with Crippen LogP contribution in [-0.4, -0.2) is 39.2 Å². The van der Waals surface area contributed by atoms with E-state index in [2.05, 4.69) is 15.4 Å². The molecule has 25 heavy (non-hydrogen) atoms. The second-order valence-corrected chi connectivity index (χ2v) is 7.08. The summed E-state index contributed by atoms with van der Waals surface area (Å²) in [5.74, 6) is -0.0941. The summed E-state index contributed by atoms with van der Waals surface area (Å²) >= 11 is 7.30. The van der Waals surface area contributed by atoms with Crippen LogP contribution in [0.25, 0.3) is 11.3 Å². The minimum Gasteiger partial charge on any atom is -0.301 e. The van der Waals surface area contributed by atoms with Gasteiger partial charge in [0.05, 0.1) is 18.4 Å². The van der Waals surface area contributed by atoms with Gasteiger partial charge in [-0.1, -0.05) is 23.7 Å². The Hall–Kier alpha value is -2.22. The van der Waals surface area contributed by atoms with Gasteiger partial charge in [0.1, 0.15) is 0 Å². The Balaban J connectivity index is 1.55. The van der Waals surface area contributed by atoms with Gasteiger partial charge in [-0.25, -0.2) is 4.98 Å². The molecule has 0 spiro atoms. The number of hydrogen-bond acceptors (Lipinski definition) is 5. The van der Waals surface area contributed by atoms with Crippen molar-refractivity contribution >= 4 is 34.0 Å². The highest BCUT2D eigenvalue weighted by Gasteiger charge is 2.11. The molecule has 0 saturated carbocycles. The zero-order valence-electron chi connectivity index (χ0n) is 13.9. The van der Waals surface area contributed by atoms with E-state index in [4.69, 9.17) is 11.6 Å². The number of carbonyl (C=O) groups is 1. The van der Waals surface area contributed by atoms with E-state index in [-0.39, 0.29) is 12.5 Å². The SMILES string of the molecule is CN(CC(=O)Nc1nc(-c2ccc(Cl)cc2)cs1)Cc1cnn(C)c1. The van der Waals surface area contributed by atoms with Gasteiger partial charge in [-0.05, 0) is 19.2 Å². The van der Waals surface area contributed by atoms with Crippen molar-refractivity contribution in [2.45, 2.75) is 6.54 Å². The Morgan fingerprint density at radius 2 is 2.12 bits per heavy atom. The number of rotatable bonds is 6. The number of thiazole rings is 1. The summed E-state index contributed by atoms with van der Waals surface area (Å²) in [6, 6.07) is 7.46. The highest BCUT2D eigenvalue weighted by Crippen LogP contribution is 2.25. The Morgan fingerprint density at radius 1 is 1.36 bits per heavy atom.